The van der Waals surface area contributed by atoms with E-state index < -0.39 is 0 Å². The van der Waals surface area contributed by atoms with Gasteiger partial charge >= 0.3 is 0 Å². The lowest BCUT2D eigenvalue weighted by molar-refractivity contribution is 0.102. The van der Waals surface area contributed by atoms with Crippen LogP contribution in [0.4, 0.5) is 11.4 Å². The fraction of sp³-hybridized carbons (Fsp3) is 0.286. The van der Waals surface area contributed by atoms with Crippen LogP contribution < -0.4 is 10.2 Å². The molecule has 0 bridgehead atoms. The standard InChI is InChI=1S/C14H17N3O2S/c1-17(2)11-6-4-10(5-7-11)15-14(18)12-9-20-13(16-12)8-19-3/h4-7,9H,8H2,1-3H3,(H,15,18). The van der Waals surface area contributed by atoms with Crippen molar-refractivity contribution in [1.29, 1.82) is 0 Å². The summed E-state index contributed by atoms with van der Waals surface area (Å²) in [7, 11) is 5.55. The van der Waals surface area contributed by atoms with Gasteiger partial charge in [-0.1, -0.05) is 0 Å². The second kappa shape index (κ2) is 6.49. The fourth-order valence-corrected chi connectivity index (χ4v) is 2.39. The number of rotatable bonds is 5. The Morgan fingerprint density at radius 3 is 2.65 bits per heavy atom. The van der Waals surface area contributed by atoms with E-state index in [1.165, 1.54) is 11.3 Å². The van der Waals surface area contributed by atoms with Crippen molar-refractivity contribution in [3.63, 3.8) is 0 Å². The molecule has 0 fully saturated rings. The van der Waals surface area contributed by atoms with Crippen molar-refractivity contribution in [1.82, 2.24) is 4.98 Å². The first kappa shape index (κ1) is 14.5. The molecule has 0 aliphatic carbocycles. The van der Waals surface area contributed by atoms with Crippen molar-refractivity contribution in [3.05, 3.63) is 40.3 Å². The molecule has 1 heterocycles. The quantitative estimate of drug-likeness (QED) is 0.920. The second-order valence-corrected chi connectivity index (χ2v) is 5.40. The third-order valence-electron chi connectivity index (χ3n) is 2.69. The first-order chi connectivity index (χ1) is 9.60. The number of benzene rings is 1. The number of amides is 1. The first-order valence-corrected chi connectivity index (χ1v) is 7.00. The van der Waals surface area contributed by atoms with E-state index in [1.807, 2.05) is 43.3 Å². The molecule has 0 aliphatic heterocycles. The van der Waals surface area contributed by atoms with Crippen LogP contribution in [0.2, 0.25) is 0 Å². The Morgan fingerprint density at radius 1 is 1.35 bits per heavy atom. The zero-order valence-corrected chi connectivity index (χ0v) is 12.5. The molecule has 2 rings (SSSR count). The summed E-state index contributed by atoms with van der Waals surface area (Å²) >= 11 is 1.42. The minimum absolute atomic E-state index is 0.207. The van der Waals surface area contributed by atoms with Gasteiger partial charge in [0.1, 0.15) is 10.7 Å². The lowest BCUT2D eigenvalue weighted by atomic mass is 10.2. The van der Waals surface area contributed by atoms with Gasteiger partial charge in [-0.25, -0.2) is 4.98 Å². The molecule has 1 aromatic heterocycles. The monoisotopic (exact) mass is 291 g/mol. The molecule has 2 aromatic rings. The maximum absolute atomic E-state index is 12.0. The Hall–Kier alpha value is -1.92. The van der Waals surface area contributed by atoms with Crippen LogP contribution in [-0.4, -0.2) is 32.1 Å². The third-order valence-corrected chi connectivity index (χ3v) is 3.52. The highest BCUT2D eigenvalue weighted by molar-refractivity contribution is 7.09. The van der Waals surface area contributed by atoms with Gasteiger partial charge in [-0.15, -0.1) is 11.3 Å². The number of hydrogen-bond acceptors (Lipinski definition) is 5. The molecular weight excluding hydrogens is 274 g/mol. The Morgan fingerprint density at radius 2 is 2.05 bits per heavy atom. The van der Waals surface area contributed by atoms with Crippen LogP contribution >= 0.6 is 11.3 Å². The summed E-state index contributed by atoms with van der Waals surface area (Å²) in [6.07, 6.45) is 0. The van der Waals surface area contributed by atoms with Crippen LogP contribution in [0.25, 0.3) is 0 Å². The number of anilines is 2. The molecule has 20 heavy (non-hydrogen) atoms. The molecule has 0 spiro atoms. The first-order valence-electron chi connectivity index (χ1n) is 6.12. The summed E-state index contributed by atoms with van der Waals surface area (Å²) < 4.78 is 4.99. The minimum atomic E-state index is -0.207. The minimum Gasteiger partial charge on any atom is -0.378 e. The Kier molecular flexibility index (Phi) is 4.70. The second-order valence-electron chi connectivity index (χ2n) is 4.45. The molecule has 6 heteroatoms. The van der Waals surface area contributed by atoms with Gasteiger partial charge < -0.3 is 15.0 Å². The summed E-state index contributed by atoms with van der Waals surface area (Å²) in [5, 5.41) is 5.35. The zero-order chi connectivity index (χ0) is 14.5. The van der Waals surface area contributed by atoms with Crippen LogP contribution in [0.1, 0.15) is 15.5 Å². The third kappa shape index (κ3) is 3.55. The van der Waals surface area contributed by atoms with Gasteiger partial charge in [-0.3, -0.25) is 4.79 Å². The molecule has 0 saturated heterocycles. The molecule has 0 atom stereocenters. The highest BCUT2D eigenvalue weighted by Gasteiger charge is 2.11. The van der Waals surface area contributed by atoms with Crippen LogP contribution in [0, 0.1) is 0 Å². The Labute approximate surface area is 122 Å². The number of ether oxygens (including phenoxy) is 1. The number of aromatic nitrogens is 1. The molecule has 0 aliphatic rings. The van der Waals surface area contributed by atoms with E-state index in [4.69, 9.17) is 4.74 Å². The van der Waals surface area contributed by atoms with Gasteiger partial charge in [-0.05, 0) is 24.3 Å². The number of methoxy groups -OCH3 is 1. The normalized spacial score (nSPS) is 10.3. The lowest BCUT2D eigenvalue weighted by Gasteiger charge is -2.12. The van der Waals surface area contributed by atoms with Crippen molar-refractivity contribution in [3.8, 4) is 0 Å². The van der Waals surface area contributed by atoms with E-state index in [9.17, 15) is 4.79 Å². The van der Waals surface area contributed by atoms with E-state index in [1.54, 1.807) is 12.5 Å². The van der Waals surface area contributed by atoms with Gasteiger partial charge in [0.15, 0.2) is 0 Å². The molecule has 0 saturated carbocycles. The molecular formula is C14H17N3O2S. The van der Waals surface area contributed by atoms with Gasteiger partial charge in [0.2, 0.25) is 0 Å². The van der Waals surface area contributed by atoms with Crippen LogP contribution in [0.3, 0.4) is 0 Å². The summed E-state index contributed by atoms with van der Waals surface area (Å²) in [6.45, 7) is 0.426. The largest absolute Gasteiger partial charge is 0.378 e. The molecule has 0 unspecified atom stereocenters. The number of hydrogen-bond donors (Lipinski definition) is 1. The highest BCUT2D eigenvalue weighted by atomic mass is 32.1. The van der Waals surface area contributed by atoms with E-state index in [2.05, 4.69) is 10.3 Å². The van der Waals surface area contributed by atoms with E-state index >= 15 is 0 Å². The number of thiazole rings is 1. The van der Waals surface area contributed by atoms with Crippen molar-refractivity contribution >= 4 is 28.6 Å². The van der Waals surface area contributed by atoms with Crippen molar-refractivity contribution in [2.24, 2.45) is 0 Å². The fourth-order valence-electron chi connectivity index (χ4n) is 1.64. The Balaban J connectivity index is 2.03. The van der Waals surface area contributed by atoms with Crippen LogP contribution in [0.15, 0.2) is 29.6 Å². The smallest absolute Gasteiger partial charge is 0.275 e. The van der Waals surface area contributed by atoms with Crippen LogP contribution in [0.5, 0.6) is 0 Å². The molecule has 5 nitrogen and oxygen atoms in total. The zero-order valence-electron chi connectivity index (χ0n) is 11.7. The topological polar surface area (TPSA) is 54.5 Å². The number of carbonyl (C=O) groups is 1. The van der Waals surface area contributed by atoms with E-state index in [-0.39, 0.29) is 5.91 Å². The van der Waals surface area contributed by atoms with Crippen molar-refractivity contribution < 1.29 is 9.53 Å². The molecule has 1 amide bonds. The average molecular weight is 291 g/mol. The van der Waals surface area contributed by atoms with Gasteiger partial charge in [0.25, 0.3) is 5.91 Å². The highest BCUT2D eigenvalue weighted by Crippen LogP contribution is 2.17. The molecule has 106 valence electrons. The summed E-state index contributed by atoms with van der Waals surface area (Å²) in [5.74, 6) is -0.207. The predicted molar refractivity (Wildman–Crippen MR) is 81.5 cm³/mol. The maximum atomic E-state index is 12.0. The summed E-state index contributed by atoms with van der Waals surface area (Å²) in [6, 6.07) is 7.64. The molecule has 1 aromatic carbocycles. The lowest BCUT2D eigenvalue weighted by Crippen LogP contribution is -2.13. The van der Waals surface area contributed by atoms with Gasteiger partial charge in [0.05, 0.1) is 6.61 Å². The number of carbonyl (C=O) groups excluding carboxylic acids is 1. The van der Waals surface area contributed by atoms with E-state index in [0.717, 1.165) is 16.4 Å². The maximum Gasteiger partial charge on any atom is 0.275 e. The van der Waals surface area contributed by atoms with Crippen molar-refractivity contribution in [2.75, 3.05) is 31.4 Å². The van der Waals surface area contributed by atoms with Gasteiger partial charge in [-0.2, -0.15) is 0 Å². The molecule has 1 N–H and O–H groups in total. The number of nitrogens with zero attached hydrogens (tertiary/aromatic N) is 2. The predicted octanol–water partition coefficient (Wildman–Crippen LogP) is 2.61. The van der Waals surface area contributed by atoms with Crippen LogP contribution in [-0.2, 0) is 11.3 Å². The summed E-state index contributed by atoms with van der Waals surface area (Å²) in [4.78, 5) is 18.3. The summed E-state index contributed by atoms with van der Waals surface area (Å²) in [5.41, 5.74) is 2.25. The van der Waals surface area contributed by atoms with Gasteiger partial charge in [0, 0.05) is 38.0 Å². The number of nitrogens with one attached hydrogen (secondary N) is 1. The average Bonchev–Trinajstić information content (AvgIpc) is 2.88. The van der Waals surface area contributed by atoms with E-state index in [0.29, 0.717) is 12.3 Å². The SMILES string of the molecule is COCc1nc(C(=O)Nc2ccc(N(C)C)cc2)cs1. The Bertz CT molecular complexity index is 578. The molecule has 0 radical (unpaired) electrons. The van der Waals surface area contributed by atoms with Crippen molar-refractivity contribution in [2.45, 2.75) is 6.61 Å².